The first-order valence-corrected chi connectivity index (χ1v) is 7.21. The van der Waals surface area contributed by atoms with Crippen molar-refractivity contribution in [3.63, 3.8) is 0 Å². The predicted octanol–water partition coefficient (Wildman–Crippen LogP) is 3.94. The Morgan fingerprint density at radius 2 is 2.00 bits per heavy atom. The van der Waals surface area contributed by atoms with Gasteiger partial charge in [-0.05, 0) is 57.1 Å². The van der Waals surface area contributed by atoms with Crippen LogP contribution in [0.2, 0.25) is 5.15 Å². The zero-order valence-electron chi connectivity index (χ0n) is 11.9. The number of nitrogens with zero attached hydrogens (tertiary/aromatic N) is 2. The van der Waals surface area contributed by atoms with Crippen LogP contribution in [0.4, 0.5) is 0 Å². The van der Waals surface area contributed by atoms with Crippen molar-refractivity contribution in [2.24, 2.45) is 0 Å². The number of benzene rings is 1. The van der Waals surface area contributed by atoms with Gasteiger partial charge in [-0.1, -0.05) is 36.7 Å². The van der Waals surface area contributed by atoms with Gasteiger partial charge < -0.3 is 4.90 Å². The quantitative estimate of drug-likeness (QED) is 0.769. The standard InChI is InChI=1S/C16H21ClN2/c1-4-12-7-5-8-13-11-14(9-6-10-19(2)3)16(17)18-15(12)13/h5,7-8,11H,4,6,9-10H2,1-3H3. The lowest BCUT2D eigenvalue weighted by Crippen LogP contribution is -2.13. The maximum Gasteiger partial charge on any atom is 0.132 e. The third kappa shape index (κ3) is 3.46. The first kappa shape index (κ1) is 14.3. The molecule has 0 spiro atoms. The predicted molar refractivity (Wildman–Crippen MR) is 83.0 cm³/mol. The van der Waals surface area contributed by atoms with Gasteiger partial charge in [0, 0.05) is 5.39 Å². The lowest BCUT2D eigenvalue weighted by atomic mass is 10.0. The van der Waals surface area contributed by atoms with Crippen LogP contribution in [0, 0.1) is 0 Å². The Morgan fingerprint density at radius 3 is 2.68 bits per heavy atom. The molecule has 1 heterocycles. The fraction of sp³-hybridized carbons (Fsp3) is 0.438. The Bertz CT molecular complexity index is 564. The molecule has 0 amide bonds. The Labute approximate surface area is 120 Å². The van der Waals surface area contributed by atoms with Crippen molar-refractivity contribution >= 4 is 22.5 Å². The molecule has 0 saturated carbocycles. The van der Waals surface area contributed by atoms with Crippen molar-refractivity contribution in [1.29, 1.82) is 0 Å². The normalized spacial score (nSPS) is 11.4. The molecule has 1 aromatic carbocycles. The van der Waals surface area contributed by atoms with Crippen molar-refractivity contribution < 1.29 is 0 Å². The van der Waals surface area contributed by atoms with Crippen molar-refractivity contribution in [2.75, 3.05) is 20.6 Å². The highest BCUT2D eigenvalue weighted by molar-refractivity contribution is 6.30. The summed E-state index contributed by atoms with van der Waals surface area (Å²) in [7, 11) is 4.18. The van der Waals surface area contributed by atoms with Crippen LogP contribution in [0.1, 0.15) is 24.5 Å². The van der Waals surface area contributed by atoms with E-state index in [0.29, 0.717) is 5.15 Å². The first-order chi connectivity index (χ1) is 9.11. The lowest BCUT2D eigenvalue weighted by molar-refractivity contribution is 0.400. The largest absolute Gasteiger partial charge is 0.309 e. The van der Waals surface area contributed by atoms with Gasteiger partial charge in [-0.15, -0.1) is 0 Å². The molecular weight excluding hydrogens is 256 g/mol. The molecule has 0 N–H and O–H groups in total. The van der Waals surface area contributed by atoms with E-state index >= 15 is 0 Å². The van der Waals surface area contributed by atoms with E-state index < -0.39 is 0 Å². The third-order valence-corrected chi connectivity index (χ3v) is 3.72. The Kier molecular flexibility index (Phi) is 4.78. The highest BCUT2D eigenvalue weighted by Gasteiger charge is 2.07. The van der Waals surface area contributed by atoms with Crippen molar-refractivity contribution in [2.45, 2.75) is 26.2 Å². The maximum atomic E-state index is 6.32. The third-order valence-electron chi connectivity index (χ3n) is 3.39. The Morgan fingerprint density at radius 1 is 1.21 bits per heavy atom. The molecule has 102 valence electrons. The van der Waals surface area contributed by atoms with E-state index in [0.717, 1.165) is 36.9 Å². The summed E-state index contributed by atoms with van der Waals surface area (Å²) in [5.74, 6) is 0. The summed E-state index contributed by atoms with van der Waals surface area (Å²) in [6.07, 6.45) is 3.07. The van der Waals surface area contributed by atoms with Crippen LogP contribution in [0.5, 0.6) is 0 Å². The summed E-state index contributed by atoms with van der Waals surface area (Å²) in [5, 5.41) is 1.86. The average molecular weight is 277 g/mol. The van der Waals surface area contributed by atoms with Crippen molar-refractivity contribution in [3.05, 3.63) is 40.5 Å². The summed E-state index contributed by atoms with van der Waals surface area (Å²) in [4.78, 5) is 6.79. The molecule has 3 heteroatoms. The Hall–Kier alpha value is -1.12. The second-order valence-corrected chi connectivity index (χ2v) is 5.55. The maximum absolute atomic E-state index is 6.32. The van der Waals surface area contributed by atoms with Gasteiger partial charge in [0.25, 0.3) is 0 Å². The highest BCUT2D eigenvalue weighted by Crippen LogP contribution is 2.24. The number of pyridine rings is 1. The summed E-state index contributed by atoms with van der Waals surface area (Å²) in [6, 6.07) is 8.53. The zero-order valence-corrected chi connectivity index (χ0v) is 12.7. The van der Waals surface area contributed by atoms with Crippen LogP contribution in [-0.4, -0.2) is 30.5 Å². The summed E-state index contributed by atoms with van der Waals surface area (Å²) in [6.45, 7) is 3.22. The molecule has 0 atom stereocenters. The SMILES string of the molecule is CCc1cccc2cc(CCCN(C)C)c(Cl)nc12. The number of hydrogen-bond donors (Lipinski definition) is 0. The monoisotopic (exact) mass is 276 g/mol. The summed E-state index contributed by atoms with van der Waals surface area (Å²) >= 11 is 6.32. The Balaban J connectivity index is 2.29. The zero-order chi connectivity index (χ0) is 13.8. The van der Waals surface area contributed by atoms with Gasteiger partial charge in [-0.3, -0.25) is 0 Å². The first-order valence-electron chi connectivity index (χ1n) is 6.83. The van der Waals surface area contributed by atoms with E-state index in [-0.39, 0.29) is 0 Å². The van der Waals surface area contributed by atoms with Gasteiger partial charge in [0.05, 0.1) is 5.52 Å². The van der Waals surface area contributed by atoms with Crippen LogP contribution in [-0.2, 0) is 12.8 Å². The fourth-order valence-electron chi connectivity index (χ4n) is 2.33. The topological polar surface area (TPSA) is 16.1 Å². The molecule has 0 aliphatic carbocycles. The minimum absolute atomic E-state index is 0.659. The second-order valence-electron chi connectivity index (χ2n) is 5.19. The molecular formula is C16H21ClN2. The minimum Gasteiger partial charge on any atom is -0.309 e. The van der Waals surface area contributed by atoms with E-state index in [4.69, 9.17) is 11.6 Å². The summed E-state index contributed by atoms with van der Waals surface area (Å²) < 4.78 is 0. The van der Waals surface area contributed by atoms with Crippen molar-refractivity contribution in [1.82, 2.24) is 9.88 Å². The number of hydrogen-bond acceptors (Lipinski definition) is 2. The minimum atomic E-state index is 0.659. The summed E-state index contributed by atoms with van der Waals surface area (Å²) in [5.41, 5.74) is 3.47. The molecule has 0 aliphatic heterocycles. The number of halogens is 1. The second kappa shape index (κ2) is 6.36. The lowest BCUT2D eigenvalue weighted by Gasteiger charge is -2.11. The van der Waals surface area contributed by atoms with E-state index in [1.807, 2.05) is 0 Å². The number of aryl methyl sites for hydroxylation is 2. The van der Waals surface area contributed by atoms with Crippen LogP contribution >= 0.6 is 11.6 Å². The molecule has 0 aliphatic rings. The number of rotatable bonds is 5. The van der Waals surface area contributed by atoms with E-state index in [1.54, 1.807) is 0 Å². The molecule has 2 aromatic rings. The average Bonchev–Trinajstić information content (AvgIpc) is 2.38. The van der Waals surface area contributed by atoms with Gasteiger partial charge in [0.15, 0.2) is 0 Å². The molecule has 0 fully saturated rings. The van der Waals surface area contributed by atoms with E-state index in [9.17, 15) is 0 Å². The van der Waals surface area contributed by atoms with Crippen LogP contribution < -0.4 is 0 Å². The molecule has 2 rings (SSSR count). The van der Waals surface area contributed by atoms with Crippen LogP contribution in [0.25, 0.3) is 10.9 Å². The van der Waals surface area contributed by atoms with Gasteiger partial charge in [-0.2, -0.15) is 0 Å². The number of aromatic nitrogens is 1. The van der Waals surface area contributed by atoms with E-state index in [1.165, 1.54) is 10.9 Å². The molecule has 0 bridgehead atoms. The van der Waals surface area contributed by atoms with Crippen LogP contribution in [0.15, 0.2) is 24.3 Å². The van der Waals surface area contributed by atoms with Gasteiger partial charge in [0.1, 0.15) is 5.15 Å². The van der Waals surface area contributed by atoms with Crippen molar-refractivity contribution in [3.8, 4) is 0 Å². The smallest absolute Gasteiger partial charge is 0.132 e. The van der Waals surface area contributed by atoms with Crippen LogP contribution in [0.3, 0.4) is 0 Å². The van der Waals surface area contributed by atoms with Gasteiger partial charge >= 0.3 is 0 Å². The number of fused-ring (bicyclic) bond motifs is 1. The highest BCUT2D eigenvalue weighted by atomic mass is 35.5. The molecule has 1 aromatic heterocycles. The molecule has 0 saturated heterocycles. The molecule has 0 radical (unpaired) electrons. The van der Waals surface area contributed by atoms with Gasteiger partial charge in [-0.25, -0.2) is 4.98 Å². The fourth-order valence-corrected chi connectivity index (χ4v) is 2.56. The molecule has 2 nitrogen and oxygen atoms in total. The van der Waals surface area contributed by atoms with E-state index in [2.05, 4.69) is 55.2 Å². The number of para-hydroxylation sites is 1. The molecule has 0 unspecified atom stereocenters. The van der Waals surface area contributed by atoms with Gasteiger partial charge in [0.2, 0.25) is 0 Å². The molecule has 19 heavy (non-hydrogen) atoms.